The molecule has 2 aromatic heterocycles. The average Bonchev–Trinajstić information content (AvgIpc) is 3.39. The molecule has 3 aromatic carbocycles. The maximum Gasteiger partial charge on any atom is 0.266 e. The summed E-state index contributed by atoms with van der Waals surface area (Å²) in [6.07, 6.45) is 1.61. The fraction of sp³-hybridized carbons (Fsp3) is 0.120. The van der Waals surface area contributed by atoms with Crippen LogP contribution in [0.3, 0.4) is 0 Å². The van der Waals surface area contributed by atoms with E-state index in [1.54, 1.807) is 42.7 Å². The molecule has 0 saturated heterocycles. The Kier molecular flexibility index (Phi) is 5.76. The molecule has 0 bridgehead atoms. The first-order chi connectivity index (χ1) is 17.1. The van der Waals surface area contributed by atoms with E-state index >= 15 is 0 Å². The van der Waals surface area contributed by atoms with Crippen LogP contribution in [0.5, 0.6) is 28.9 Å². The Morgan fingerprint density at radius 3 is 2.43 bits per heavy atom. The molecule has 1 amide bonds. The number of para-hydroxylation sites is 2. The van der Waals surface area contributed by atoms with Crippen molar-refractivity contribution in [3.63, 3.8) is 0 Å². The fourth-order valence-corrected chi connectivity index (χ4v) is 3.71. The van der Waals surface area contributed by atoms with Gasteiger partial charge in [-0.05, 0) is 36.4 Å². The molecule has 2 heterocycles. The van der Waals surface area contributed by atoms with Crippen molar-refractivity contribution in [1.82, 2.24) is 19.6 Å². The number of hydrogen-bond acceptors (Lipinski definition) is 8. The van der Waals surface area contributed by atoms with Crippen molar-refractivity contribution >= 4 is 28.3 Å². The molecule has 5 rings (SSSR count). The lowest BCUT2D eigenvalue weighted by Gasteiger charge is -2.14. The smallest absolute Gasteiger partial charge is 0.266 e. The molecule has 35 heavy (non-hydrogen) atoms. The van der Waals surface area contributed by atoms with Crippen molar-refractivity contribution in [3.8, 4) is 28.9 Å². The third-order valence-electron chi connectivity index (χ3n) is 5.34. The van der Waals surface area contributed by atoms with E-state index in [0.717, 1.165) is 11.0 Å². The number of carbonyl (C=O) groups is 1. The van der Waals surface area contributed by atoms with E-state index in [9.17, 15) is 4.79 Å². The first kappa shape index (κ1) is 22.0. The summed E-state index contributed by atoms with van der Waals surface area (Å²) in [4.78, 5) is 17.6. The van der Waals surface area contributed by atoms with Gasteiger partial charge in [0.15, 0.2) is 11.5 Å². The Bertz CT molecular complexity index is 1520. The first-order valence-electron chi connectivity index (χ1n) is 10.6. The number of methoxy groups -OCH3 is 3. The lowest BCUT2D eigenvalue weighted by atomic mass is 10.1. The Morgan fingerprint density at radius 1 is 0.914 bits per heavy atom. The normalized spacial score (nSPS) is 10.8. The summed E-state index contributed by atoms with van der Waals surface area (Å²) in [6.45, 7) is 0. The standard InChI is InChI=1S/C25H21N5O5/c1-32-20-11-15(12-21(33-2)22(20)34-3)24(31)27-16-7-6-8-17(13-16)35-25-23-29-26-14-30(23)19-10-5-4-9-18(19)28-25/h4-14H,1-3H3,(H,27,31). The third kappa shape index (κ3) is 4.12. The van der Waals surface area contributed by atoms with Gasteiger partial charge in [0, 0.05) is 17.3 Å². The van der Waals surface area contributed by atoms with Crippen molar-refractivity contribution < 1.29 is 23.7 Å². The summed E-state index contributed by atoms with van der Waals surface area (Å²) < 4.78 is 23.9. The van der Waals surface area contributed by atoms with E-state index in [0.29, 0.717) is 45.8 Å². The molecule has 0 saturated carbocycles. The lowest BCUT2D eigenvalue weighted by molar-refractivity contribution is 0.102. The Balaban J connectivity index is 1.42. The summed E-state index contributed by atoms with van der Waals surface area (Å²) in [5.41, 5.74) is 2.95. The van der Waals surface area contributed by atoms with Gasteiger partial charge in [-0.2, -0.15) is 0 Å². The molecule has 10 heteroatoms. The largest absolute Gasteiger partial charge is 0.493 e. The first-order valence-corrected chi connectivity index (χ1v) is 10.6. The fourth-order valence-electron chi connectivity index (χ4n) is 3.71. The van der Waals surface area contributed by atoms with Gasteiger partial charge in [0.05, 0.1) is 32.4 Å². The van der Waals surface area contributed by atoms with Gasteiger partial charge in [0.2, 0.25) is 11.4 Å². The zero-order chi connectivity index (χ0) is 24.4. The SMILES string of the molecule is COc1cc(C(=O)Nc2cccc(Oc3nc4ccccc4n4cnnc34)c2)cc(OC)c1OC. The molecule has 0 radical (unpaired) electrons. The van der Waals surface area contributed by atoms with Crippen LogP contribution < -0.4 is 24.3 Å². The van der Waals surface area contributed by atoms with Crippen LogP contribution in [0.1, 0.15) is 10.4 Å². The van der Waals surface area contributed by atoms with Crippen LogP contribution in [0.15, 0.2) is 67.0 Å². The molecule has 0 aliphatic carbocycles. The van der Waals surface area contributed by atoms with Gasteiger partial charge in [-0.1, -0.05) is 18.2 Å². The lowest BCUT2D eigenvalue weighted by Crippen LogP contribution is -2.12. The van der Waals surface area contributed by atoms with Crippen LogP contribution in [0.4, 0.5) is 5.69 Å². The predicted molar refractivity (Wildman–Crippen MR) is 129 cm³/mol. The number of amides is 1. The zero-order valence-electron chi connectivity index (χ0n) is 19.2. The second kappa shape index (κ2) is 9.18. The van der Waals surface area contributed by atoms with Crippen molar-refractivity contribution in [2.45, 2.75) is 0 Å². The average molecular weight is 471 g/mol. The summed E-state index contributed by atoms with van der Waals surface area (Å²) >= 11 is 0. The minimum atomic E-state index is -0.356. The van der Waals surface area contributed by atoms with Gasteiger partial charge in [0.25, 0.3) is 11.8 Å². The van der Waals surface area contributed by atoms with E-state index < -0.39 is 0 Å². The van der Waals surface area contributed by atoms with Gasteiger partial charge in [0.1, 0.15) is 12.1 Å². The monoisotopic (exact) mass is 471 g/mol. The van der Waals surface area contributed by atoms with Gasteiger partial charge < -0.3 is 24.3 Å². The van der Waals surface area contributed by atoms with Crippen LogP contribution in [0.2, 0.25) is 0 Å². The van der Waals surface area contributed by atoms with E-state index in [1.165, 1.54) is 21.3 Å². The zero-order valence-corrected chi connectivity index (χ0v) is 19.2. The molecule has 0 aliphatic rings. The minimum absolute atomic E-state index is 0.300. The number of hydrogen-bond donors (Lipinski definition) is 1. The number of benzene rings is 3. The van der Waals surface area contributed by atoms with Gasteiger partial charge in [-0.25, -0.2) is 4.98 Å². The highest BCUT2D eigenvalue weighted by atomic mass is 16.5. The highest BCUT2D eigenvalue weighted by Crippen LogP contribution is 2.38. The molecule has 0 fully saturated rings. The maximum absolute atomic E-state index is 13.0. The van der Waals surface area contributed by atoms with Crippen LogP contribution in [-0.2, 0) is 0 Å². The topological polar surface area (TPSA) is 109 Å². The highest BCUT2D eigenvalue weighted by molar-refractivity contribution is 6.05. The number of aromatic nitrogens is 4. The van der Waals surface area contributed by atoms with Crippen LogP contribution in [-0.4, -0.2) is 46.8 Å². The minimum Gasteiger partial charge on any atom is -0.493 e. The van der Waals surface area contributed by atoms with Gasteiger partial charge in [-0.15, -0.1) is 10.2 Å². The van der Waals surface area contributed by atoms with Gasteiger partial charge >= 0.3 is 0 Å². The second-order valence-corrected chi connectivity index (χ2v) is 7.43. The molecule has 0 unspecified atom stereocenters. The number of rotatable bonds is 7. The Morgan fingerprint density at radius 2 is 1.69 bits per heavy atom. The van der Waals surface area contributed by atoms with Crippen LogP contribution in [0, 0.1) is 0 Å². The molecular weight excluding hydrogens is 450 g/mol. The third-order valence-corrected chi connectivity index (χ3v) is 5.34. The quantitative estimate of drug-likeness (QED) is 0.373. The predicted octanol–water partition coefficient (Wildman–Crippen LogP) is 4.35. The Hall–Kier alpha value is -4.86. The summed E-state index contributed by atoms with van der Waals surface area (Å²) in [6, 6.07) is 17.8. The van der Waals surface area contributed by atoms with Crippen molar-refractivity contribution in [2.24, 2.45) is 0 Å². The number of ether oxygens (including phenoxy) is 4. The van der Waals surface area contributed by atoms with E-state index in [4.69, 9.17) is 18.9 Å². The number of nitrogens with zero attached hydrogens (tertiary/aromatic N) is 4. The molecular formula is C25H21N5O5. The maximum atomic E-state index is 13.0. The number of carbonyl (C=O) groups excluding carboxylic acids is 1. The molecule has 0 aliphatic heterocycles. The molecule has 5 aromatic rings. The van der Waals surface area contributed by atoms with E-state index in [-0.39, 0.29) is 5.91 Å². The Labute approximate surface area is 200 Å². The molecule has 176 valence electrons. The van der Waals surface area contributed by atoms with Crippen LogP contribution >= 0.6 is 0 Å². The molecule has 1 N–H and O–H groups in total. The summed E-state index contributed by atoms with van der Waals surface area (Å²) in [7, 11) is 4.49. The van der Waals surface area contributed by atoms with Crippen LogP contribution in [0.25, 0.3) is 16.7 Å². The molecule has 0 atom stereocenters. The molecule has 0 spiro atoms. The summed E-state index contributed by atoms with van der Waals surface area (Å²) in [5.74, 6) is 1.59. The van der Waals surface area contributed by atoms with E-state index in [1.807, 2.05) is 28.7 Å². The van der Waals surface area contributed by atoms with Crippen molar-refractivity contribution in [2.75, 3.05) is 26.6 Å². The molecule has 10 nitrogen and oxygen atoms in total. The number of nitrogens with one attached hydrogen (secondary N) is 1. The van der Waals surface area contributed by atoms with E-state index in [2.05, 4.69) is 20.5 Å². The number of anilines is 1. The summed E-state index contributed by atoms with van der Waals surface area (Å²) in [5, 5.41) is 11.0. The van der Waals surface area contributed by atoms with Gasteiger partial charge in [-0.3, -0.25) is 9.20 Å². The van der Waals surface area contributed by atoms with Crippen molar-refractivity contribution in [1.29, 1.82) is 0 Å². The second-order valence-electron chi connectivity index (χ2n) is 7.43. The number of fused-ring (bicyclic) bond motifs is 3. The van der Waals surface area contributed by atoms with Crippen molar-refractivity contribution in [3.05, 3.63) is 72.6 Å². The highest BCUT2D eigenvalue weighted by Gasteiger charge is 2.18.